The predicted octanol–water partition coefficient (Wildman–Crippen LogP) is 5.21. The molecule has 1 unspecified atom stereocenters. The van der Waals surface area contributed by atoms with Gasteiger partial charge in [-0.15, -0.1) is 10.2 Å². The summed E-state index contributed by atoms with van der Waals surface area (Å²) in [5, 5.41) is 12.0. The minimum atomic E-state index is -0.300. The van der Waals surface area contributed by atoms with Crippen LogP contribution in [0.1, 0.15) is 38.8 Å². The Morgan fingerprint density at radius 2 is 1.66 bits per heavy atom. The van der Waals surface area contributed by atoms with Crippen molar-refractivity contribution < 1.29 is 4.79 Å². The maximum Gasteiger partial charge on any atom is 0.237 e. The monoisotopic (exact) mass is 408 g/mol. The van der Waals surface area contributed by atoms with Gasteiger partial charge < -0.3 is 9.88 Å². The van der Waals surface area contributed by atoms with Gasteiger partial charge in [0.25, 0.3) is 0 Å². The molecule has 3 rings (SSSR count). The minimum Gasteiger partial charge on any atom is -0.325 e. The smallest absolute Gasteiger partial charge is 0.237 e. The van der Waals surface area contributed by atoms with E-state index in [1.807, 2.05) is 42.8 Å². The maximum atomic E-state index is 12.6. The average molecular weight is 409 g/mol. The van der Waals surface area contributed by atoms with E-state index in [-0.39, 0.29) is 16.6 Å². The van der Waals surface area contributed by atoms with E-state index in [4.69, 9.17) is 0 Å². The number of nitrogens with zero attached hydrogens (tertiary/aromatic N) is 3. The van der Waals surface area contributed by atoms with Crippen LogP contribution in [0, 0.1) is 6.92 Å². The van der Waals surface area contributed by atoms with Crippen molar-refractivity contribution in [3.8, 4) is 11.4 Å². The molecule has 0 aliphatic carbocycles. The lowest BCUT2D eigenvalue weighted by Gasteiger charge is -2.19. The van der Waals surface area contributed by atoms with Gasteiger partial charge in [0.15, 0.2) is 11.0 Å². The van der Waals surface area contributed by atoms with Crippen LogP contribution in [0.2, 0.25) is 0 Å². The molecule has 6 heteroatoms. The maximum absolute atomic E-state index is 12.6. The van der Waals surface area contributed by atoms with Gasteiger partial charge >= 0.3 is 0 Å². The molecule has 0 aliphatic rings. The zero-order valence-corrected chi connectivity index (χ0v) is 18.7. The molecule has 1 amide bonds. The summed E-state index contributed by atoms with van der Waals surface area (Å²) < 4.78 is 1.93. The molecule has 0 saturated heterocycles. The van der Waals surface area contributed by atoms with Crippen molar-refractivity contribution in [2.75, 3.05) is 5.32 Å². The molecule has 5 nitrogen and oxygen atoms in total. The van der Waals surface area contributed by atoms with E-state index in [0.29, 0.717) is 5.16 Å². The molecule has 152 valence electrons. The van der Waals surface area contributed by atoms with E-state index >= 15 is 0 Å². The van der Waals surface area contributed by atoms with Crippen molar-refractivity contribution in [2.45, 2.75) is 50.4 Å². The summed E-state index contributed by atoms with van der Waals surface area (Å²) in [5.74, 6) is 0.733. The lowest BCUT2D eigenvalue weighted by Crippen LogP contribution is -2.23. The number of anilines is 1. The summed E-state index contributed by atoms with van der Waals surface area (Å²) >= 11 is 1.40. The Labute approximate surface area is 176 Å². The van der Waals surface area contributed by atoms with Crippen LogP contribution in [0.15, 0.2) is 53.7 Å². The van der Waals surface area contributed by atoms with Crippen LogP contribution in [0.25, 0.3) is 11.4 Å². The first kappa shape index (κ1) is 21.1. The van der Waals surface area contributed by atoms with Crippen LogP contribution < -0.4 is 5.32 Å². The zero-order chi connectivity index (χ0) is 21.2. The summed E-state index contributed by atoms with van der Waals surface area (Å²) in [7, 11) is 1.92. The van der Waals surface area contributed by atoms with Crippen LogP contribution >= 0.6 is 11.8 Å². The summed E-state index contributed by atoms with van der Waals surface area (Å²) in [6, 6.07) is 16.2. The fourth-order valence-corrected chi connectivity index (χ4v) is 3.70. The first-order chi connectivity index (χ1) is 13.6. The Morgan fingerprint density at radius 1 is 1.03 bits per heavy atom. The van der Waals surface area contributed by atoms with Gasteiger partial charge in [-0.3, -0.25) is 4.79 Å². The van der Waals surface area contributed by atoms with Crippen molar-refractivity contribution in [3.63, 3.8) is 0 Å². The van der Waals surface area contributed by atoms with Gasteiger partial charge in [-0.05, 0) is 37.0 Å². The van der Waals surface area contributed by atoms with E-state index in [1.165, 1.54) is 22.9 Å². The molecule has 1 heterocycles. The Balaban J connectivity index is 1.66. The molecule has 1 aromatic heterocycles. The third kappa shape index (κ3) is 5.07. The molecule has 0 spiro atoms. The molecule has 1 atom stereocenters. The van der Waals surface area contributed by atoms with E-state index in [9.17, 15) is 4.79 Å². The number of benzene rings is 2. The highest BCUT2D eigenvalue weighted by Crippen LogP contribution is 2.27. The molecule has 0 aliphatic heterocycles. The number of carbonyl (C=O) groups excluding carboxylic acids is 1. The molecule has 3 aromatic rings. The van der Waals surface area contributed by atoms with Crippen molar-refractivity contribution in [3.05, 3.63) is 59.7 Å². The molecule has 0 bridgehead atoms. The normalized spacial score (nSPS) is 12.6. The lowest BCUT2D eigenvalue weighted by atomic mass is 9.87. The van der Waals surface area contributed by atoms with Crippen molar-refractivity contribution in [1.29, 1.82) is 0 Å². The number of rotatable bonds is 5. The van der Waals surface area contributed by atoms with Crippen LogP contribution in [-0.4, -0.2) is 25.9 Å². The fraction of sp³-hybridized carbons (Fsp3) is 0.348. The second kappa shape index (κ2) is 8.41. The van der Waals surface area contributed by atoms with Crippen molar-refractivity contribution in [2.24, 2.45) is 7.05 Å². The standard InChI is InChI=1S/C23H28N4OS/c1-15-7-9-17(10-8-15)20-25-26-22(27(20)6)29-16(2)21(28)24-19-13-11-18(12-14-19)23(3,4)5/h7-14,16H,1-6H3,(H,24,28). The Kier molecular flexibility index (Phi) is 6.13. The highest BCUT2D eigenvalue weighted by atomic mass is 32.2. The van der Waals surface area contributed by atoms with Gasteiger partial charge in [0.2, 0.25) is 5.91 Å². The first-order valence-corrected chi connectivity index (χ1v) is 10.6. The number of hydrogen-bond acceptors (Lipinski definition) is 4. The molecule has 0 radical (unpaired) electrons. The Bertz CT molecular complexity index is 985. The second-order valence-corrected chi connectivity index (χ2v) is 9.62. The van der Waals surface area contributed by atoms with Gasteiger partial charge in [-0.1, -0.05) is 74.5 Å². The second-order valence-electron chi connectivity index (χ2n) is 8.31. The minimum absolute atomic E-state index is 0.0570. The number of amides is 1. The zero-order valence-electron chi connectivity index (χ0n) is 17.9. The quantitative estimate of drug-likeness (QED) is 0.589. The molecular weight excluding hydrogens is 380 g/mol. The molecule has 0 saturated carbocycles. The summed E-state index contributed by atoms with van der Waals surface area (Å²) in [5.41, 5.74) is 4.33. The van der Waals surface area contributed by atoms with Crippen molar-refractivity contribution >= 4 is 23.4 Å². The lowest BCUT2D eigenvalue weighted by molar-refractivity contribution is -0.115. The molecular formula is C23H28N4OS. The largest absolute Gasteiger partial charge is 0.325 e. The number of carbonyl (C=O) groups is 1. The third-order valence-electron chi connectivity index (χ3n) is 4.81. The molecule has 1 N–H and O–H groups in total. The average Bonchev–Trinajstić information content (AvgIpc) is 3.02. The highest BCUT2D eigenvalue weighted by Gasteiger charge is 2.20. The van der Waals surface area contributed by atoms with Gasteiger partial charge in [0.1, 0.15) is 0 Å². The highest BCUT2D eigenvalue weighted by molar-refractivity contribution is 8.00. The van der Waals surface area contributed by atoms with Crippen LogP contribution in [0.4, 0.5) is 5.69 Å². The fourth-order valence-electron chi connectivity index (χ4n) is 2.88. The van der Waals surface area contributed by atoms with E-state index in [2.05, 4.69) is 67.5 Å². The number of hydrogen-bond donors (Lipinski definition) is 1. The molecule has 2 aromatic carbocycles. The van der Waals surface area contributed by atoms with E-state index in [1.54, 1.807) is 0 Å². The number of aryl methyl sites for hydroxylation is 1. The summed E-state index contributed by atoms with van der Waals surface area (Å²) in [4.78, 5) is 12.6. The Morgan fingerprint density at radius 3 is 2.24 bits per heavy atom. The SMILES string of the molecule is Cc1ccc(-c2nnc(SC(C)C(=O)Nc3ccc(C(C)(C)C)cc3)n2C)cc1. The van der Waals surface area contributed by atoms with Crippen LogP contribution in [0.3, 0.4) is 0 Å². The third-order valence-corrected chi connectivity index (χ3v) is 5.95. The first-order valence-electron chi connectivity index (χ1n) is 9.69. The van der Waals surface area contributed by atoms with E-state index < -0.39 is 0 Å². The predicted molar refractivity (Wildman–Crippen MR) is 120 cm³/mol. The molecule has 0 fully saturated rings. The molecule has 29 heavy (non-hydrogen) atoms. The van der Waals surface area contributed by atoms with Crippen molar-refractivity contribution in [1.82, 2.24) is 14.8 Å². The van der Waals surface area contributed by atoms with Crippen LogP contribution in [0.5, 0.6) is 0 Å². The summed E-state index contributed by atoms with van der Waals surface area (Å²) in [6.07, 6.45) is 0. The van der Waals surface area contributed by atoms with Gasteiger partial charge in [0, 0.05) is 18.3 Å². The summed E-state index contributed by atoms with van der Waals surface area (Å²) in [6.45, 7) is 10.4. The van der Waals surface area contributed by atoms with Gasteiger partial charge in [0.05, 0.1) is 5.25 Å². The number of thioether (sulfide) groups is 1. The van der Waals surface area contributed by atoms with Crippen LogP contribution in [-0.2, 0) is 17.3 Å². The topological polar surface area (TPSA) is 59.8 Å². The Hall–Kier alpha value is -2.60. The van der Waals surface area contributed by atoms with Gasteiger partial charge in [-0.25, -0.2) is 0 Å². The number of aromatic nitrogens is 3. The van der Waals surface area contributed by atoms with Gasteiger partial charge in [-0.2, -0.15) is 0 Å². The van der Waals surface area contributed by atoms with E-state index in [0.717, 1.165) is 17.1 Å². The number of nitrogens with one attached hydrogen (secondary N) is 1.